The van der Waals surface area contributed by atoms with Crippen molar-refractivity contribution < 1.29 is 13.2 Å². The van der Waals surface area contributed by atoms with Crippen LogP contribution in [0.4, 0.5) is 0 Å². The Morgan fingerprint density at radius 2 is 1.73 bits per heavy atom. The molecule has 2 aromatic rings. The summed E-state index contributed by atoms with van der Waals surface area (Å²) >= 11 is 3.28. The van der Waals surface area contributed by atoms with Crippen LogP contribution in [0.5, 0.6) is 0 Å². The predicted octanol–water partition coefficient (Wildman–Crippen LogP) is 4.01. The first-order chi connectivity index (χ1) is 10.5. The Labute approximate surface area is 139 Å². The molecule has 0 aromatic heterocycles. The van der Waals surface area contributed by atoms with Gasteiger partial charge in [-0.25, -0.2) is 0 Å². The van der Waals surface area contributed by atoms with Crippen LogP contribution in [-0.4, -0.2) is 20.9 Å². The highest BCUT2D eigenvalue weighted by molar-refractivity contribution is 9.10. The van der Waals surface area contributed by atoms with Gasteiger partial charge in [0.15, 0.2) is 0 Å². The SMILES string of the molecule is CCCOC(=NS(=O)(=O)c1ccc(Br)cc1)c1ccccc1. The molecule has 0 saturated carbocycles. The maximum Gasteiger partial charge on any atom is 0.285 e. The Hall–Kier alpha value is -1.66. The second-order valence-corrected chi connectivity index (χ2v) is 7.06. The van der Waals surface area contributed by atoms with Gasteiger partial charge in [0.1, 0.15) is 0 Å². The molecule has 2 rings (SSSR count). The van der Waals surface area contributed by atoms with Crippen molar-refractivity contribution >= 4 is 31.9 Å². The van der Waals surface area contributed by atoms with Crippen molar-refractivity contribution in [3.8, 4) is 0 Å². The summed E-state index contributed by atoms with van der Waals surface area (Å²) in [7, 11) is -3.81. The normalized spacial score (nSPS) is 12.2. The van der Waals surface area contributed by atoms with E-state index in [9.17, 15) is 8.42 Å². The molecule has 0 saturated heterocycles. The van der Waals surface area contributed by atoms with Crippen molar-refractivity contribution in [1.82, 2.24) is 0 Å². The smallest absolute Gasteiger partial charge is 0.285 e. The van der Waals surface area contributed by atoms with Crippen LogP contribution < -0.4 is 0 Å². The fourth-order valence-electron chi connectivity index (χ4n) is 1.71. The van der Waals surface area contributed by atoms with Crippen molar-refractivity contribution in [1.29, 1.82) is 0 Å². The Morgan fingerprint density at radius 1 is 1.09 bits per heavy atom. The molecule has 0 aliphatic heterocycles. The van der Waals surface area contributed by atoms with Crippen molar-refractivity contribution in [3.05, 3.63) is 64.6 Å². The molecule has 2 aromatic carbocycles. The molecule has 0 aliphatic carbocycles. The van der Waals surface area contributed by atoms with Gasteiger partial charge in [0, 0.05) is 10.0 Å². The van der Waals surface area contributed by atoms with Gasteiger partial charge in [0.05, 0.1) is 11.5 Å². The van der Waals surface area contributed by atoms with Crippen molar-refractivity contribution in [2.45, 2.75) is 18.2 Å². The molecule has 116 valence electrons. The van der Waals surface area contributed by atoms with Crippen LogP contribution in [-0.2, 0) is 14.8 Å². The molecule has 22 heavy (non-hydrogen) atoms. The summed E-state index contributed by atoms with van der Waals surface area (Å²) in [4.78, 5) is 0.129. The van der Waals surface area contributed by atoms with Crippen LogP contribution in [0.2, 0.25) is 0 Å². The first-order valence-corrected chi connectivity index (χ1v) is 9.05. The highest BCUT2D eigenvalue weighted by Gasteiger charge is 2.16. The molecule has 0 bridgehead atoms. The average molecular weight is 382 g/mol. The van der Waals surface area contributed by atoms with E-state index >= 15 is 0 Å². The van der Waals surface area contributed by atoms with Gasteiger partial charge in [-0.05, 0) is 42.8 Å². The molecule has 0 heterocycles. The molecule has 4 nitrogen and oxygen atoms in total. The Bertz CT molecular complexity index is 741. The van der Waals surface area contributed by atoms with E-state index < -0.39 is 10.0 Å². The number of halogens is 1. The van der Waals surface area contributed by atoms with E-state index in [0.29, 0.717) is 12.2 Å². The van der Waals surface area contributed by atoms with E-state index in [4.69, 9.17) is 4.74 Å². The summed E-state index contributed by atoms with van der Waals surface area (Å²) in [6.45, 7) is 2.36. The minimum Gasteiger partial charge on any atom is -0.477 e. The third-order valence-corrected chi connectivity index (χ3v) is 4.58. The standard InChI is InChI=1S/C16H16BrNO3S/c1-2-12-21-16(13-6-4-3-5-7-13)18-22(19,20)15-10-8-14(17)9-11-15/h3-11H,2,12H2,1H3. The number of ether oxygens (including phenoxy) is 1. The number of benzene rings is 2. The van der Waals surface area contributed by atoms with Crippen LogP contribution in [0.25, 0.3) is 0 Å². The quantitative estimate of drug-likeness (QED) is 0.580. The van der Waals surface area contributed by atoms with Gasteiger partial charge in [-0.1, -0.05) is 41.1 Å². The minimum absolute atomic E-state index is 0.116. The van der Waals surface area contributed by atoms with Gasteiger partial charge < -0.3 is 4.74 Å². The third kappa shape index (κ3) is 4.42. The molecule has 0 amide bonds. The molecule has 0 aliphatic rings. The summed E-state index contributed by atoms with van der Waals surface area (Å²) < 4.78 is 35.0. The summed E-state index contributed by atoms with van der Waals surface area (Å²) in [5.41, 5.74) is 0.636. The summed E-state index contributed by atoms with van der Waals surface area (Å²) in [5, 5.41) is 0. The topological polar surface area (TPSA) is 55.7 Å². The van der Waals surface area contributed by atoms with Gasteiger partial charge >= 0.3 is 0 Å². The van der Waals surface area contributed by atoms with E-state index in [0.717, 1.165) is 10.9 Å². The molecule has 0 N–H and O–H groups in total. The zero-order valence-electron chi connectivity index (χ0n) is 12.1. The maximum absolute atomic E-state index is 12.4. The van der Waals surface area contributed by atoms with Gasteiger partial charge in [-0.3, -0.25) is 0 Å². The number of nitrogens with zero attached hydrogens (tertiary/aromatic N) is 1. The zero-order valence-corrected chi connectivity index (χ0v) is 14.5. The fraction of sp³-hybridized carbons (Fsp3) is 0.188. The van der Waals surface area contributed by atoms with Crippen LogP contribution in [0.1, 0.15) is 18.9 Å². The van der Waals surface area contributed by atoms with Crippen LogP contribution in [0.15, 0.2) is 68.4 Å². The molecule has 0 atom stereocenters. The molecule has 0 radical (unpaired) electrons. The second kappa shape index (κ2) is 7.56. The molecule has 0 unspecified atom stereocenters. The van der Waals surface area contributed by atoms with Crippen molar-refractivity contribution in [2.75, 3.05) is 6.61 Å². The lowest BCUT2D eigenvalue weighted by Crippen LogP contribution is -2.11. The van der Waals surface area contributed by atoms with E-state index in [1.54, 1.807) is 24.3 Å². The predicted molar refractivity (Wildman–Crippen MR) is 90.5 cm³/mol. The Morgan fingerprint density at radius 3 is 2.32 bits per heavy atom. The van der Waals surface area contributed by atoms with Gasteiger partial charge in [-0.15, -0.1) is 4.40 Å². The minimum atomic E-state index is -3.81. The summed E-state index contributed by atoms with van der Waals surface area (Å²) in [6, 6.07) is 15.4. The first kappa shape index (κ1) is 16.7. The lowest BCUT2D eigenvalue weighted by atomic mass is 10.2. The monoisotopic (exact) mass is 381 g/mol. The van der Waals surface area contributed by atoms with E-state index in [2.05, 4.69) is 20.3 Å². The van der Waals surface area contributed by atoms with E-state index in [1.165, 1.54) is 12.1 Å². The Balaban J connectivity index is 2.41. The largest absolute Gasteiger partial charge is 0.477 e. The van der Waals surface area contributed by atoms with Crippen LogP contribution in [0.3, 0.4) is 0 Å². The van der Waals surface area contributed by atoms with E-state index in [1.807, 2.05) is 25.1 Å². The molecular formula is C16H16BrNO3S. The number of hydrogen-bond acceptors (Lipinski definition) is 3. The number of hydrogen-bond donors (Lipinski definition) is 0. The first-order valence-electron chi connectivity index (χ1n) is 6.81. The second-order valence-electron chi connectivity index (χ2n) is 4.54. The maximum atomic E-state index is 12.4. The average Bonchev–Trinajstić information content (AvgIpc) is 2.52. The van der Waals surface area contributed by atoms with Crippen LogP contribution >= 0.6 is 15.9 Å². The lowest BCUT2D eigenvalue weighted by molar-refractivity contribution is 0.306. The molecule has 0 fully saturated rings. The van der Waals surface area contributed by atoms with Crippen molar-refractivity contribution in [3.63, 3.8) is 0 Å². The number of rotatable bonds is 5. The third-order valence-electron chi connectivity index (χ3n) is 2.78. The van der Waals surface area contributed by atoms with E-state index in [-0.39, 0.29) is 10.8 Å². The summed E-state index contributed by atoms with van der Waals surface area (Å²) in [5.74, 6) is 0.116. The lowest BCUT2D eigenvalue weighted by Gasteiger charge is -2.09. The van der Waals surface area contributed by atoms with Gasteiger partial charge in [0.2, 0.25) is 5.90 Å². The highest BCUT2D eigenvalue weighted by atomic mass is 79.9. The van der Waals surface area contributed by atoms with Gasteiger partial charge in [-0.2, -0.15) is 8.42 Å². The van der Waals surface area contributed by atoms with Gasteiger partial charge in [0.25, 0.3) is 10.0 Å². The van der Waals surface area contributed by atoms with Crippen LogP contribution in [0, 0.1) is 0 Å². The Kier molecular flexibility index (Phi) is 5.74. The highest BCUT2D eigenvalue weighted by Crippen LogP contribution is 2.18. The van der Waals surface area contributed by atoms with Crippen molar-refractivity contribution in [2.24, 2.45) is 4.40 Å². The zero-order chi connectivity index (χ0) is 16.0. The molecule has 0 spiro atoms. The molecule has 6 heteroatoms. The molecular weight excluding hydrogens is 366 g/mol. The fourth-order valence-corrected chi connectivity index (χ4v) is 2.94. The summed E-state index contributed by atoms with van der Waals surface area (Å²) in [6.07, 6.45) is 0.768. The number of sulfonamides is 1.